The molecule has 0 fully saturated rings. The van der Waals surface area contributed by atoms with Crippen molar-refractivity contribution in [2.75, 3.05) is 14.1 Å². The first-order chi connectivity index (χ1) is 11.1. The van der Waals surface area contributed by atoms with Crippen molar-refractivity contribution in [2.24, 2.45) is 0 Å². The highest BCUT2D eigenvalue weighted by Gasteiger charge is 2.04. The molecule has 0 saturated carbocycles. The van der Waals surface area contributed by atoms with Crippen molar-refractivity contribution in [1.82, 2.24) is 10.6 Å². The fraction of sp³-hybridized carbons (Fsp3) is 0.125. The average molecular weight is 332 g/mol. The summed E-state index contributed by atoms with van der Waals surface area (Å²) in [4.78, 5) is 24.2. The zero-order valence-electron chi connectivity index (χ0n) is 12.7. The average Bonchev–Trinajstić information content (AvgIpc) is 2.58. The molecule has 0 bridgehead atoms. The van der Waals surface area contributed by atoms with Crippen molar-refractivity contribution in [3.8, 4) is 11.5 Å². The van der Waals surface area contributed by atoms with Gasteiger partial charge in [0.1, 0.15) is 11.5 Å². The smallest absolute Gasteiger partial charge is 0.410 e. The third-order valence-electron chi connectivity index (χ3n) is 2.71. The Hall–Kier alpha value is -2.67. The van der Waals surface area contributed by atoms with E-state index in [-0.39, 0.29) is 0 Å². The molecule has 2 aromatic rings. The number of ether oxygens (including phenoxy) is 2. The number of benzene rings is 2. The molecule has 0 saturated heterocycles. The van der Waals surface area contributed by atoms with Crippen molar-refractivity contribution in [2.45, 2.75) is 9.79 Å². The van der Waals surface area contributed by atoms with Crippen LogP contribution in [0.4, 0.5) is 9.59 Å². The lowest BCUT2D eigenvalue weighted by atomic mass is 10.3. The highest BCUT2D eigenvalue weighted by atomic mass is 32.2. The van der Waals surface area contributed by atoms with Gasteiger partial charge in [-0.05, 0) is 48.5 Å². The molecule has 0 aliphatic carbocycles. The predicted octanol–water partition coefficient (Wildman–Crippen LogP) is 3.27. The molecule has 2 amide bonds. The van der Waals surface area contributed by atoms with E-state index in [0.717, 1.165) is 9.79 Å². The van der Waals surface area contributed by atoms with E-state index < -0.39 is 12.2 Å². The second-order valence-corrected chi connectivity index (χ2v) is 5.47. The molecule has 120 valence electrons. The van der Waals surface area contributed by atoms with E-state index in [0.29, 0.717) is 11.5 Å². The minimum absolute atomic E-state index is 0.475. The van der Waals surface area contributed by atoms with E-state index in [4.69, 9.17) is 9.47 Å². The Morgan fingerprint density at radius 2 is 1.09 bits per heavy atom. The van der Waals surface area contributed by atoms with Gasteiger partial charge in [-0.15, -0.1) is 0 Å². The molecule has 0 aromatic heterocycles. The molecule has 0 radical (unpaired) electrons. The van der Waals surface area contributed by atoms with E-state index in [9.17, 15) is 9.59 Å². The third-order valence-corrected chi connectivity index (χ3v) is 3.73. The molecular formula is C16H16N2O4S. The van der Waals surface area contributed by atoms with E-state index in [1.165, 1.54) is 14.1 Å². The van der Waals surface area contributed by atoms with E-state index in [1.54, 1.807) is 36.0 Å². The van der Waals surface area contributed by atoms with Crippen molar-refractivity contribution in [3.63, 3.8) is 0 Å². The molecule has 23 heavy (non-hydrogen) atoms. The lowest BCUT2D eigenvalue weighted by molar-refractivity contribution is 0.202. The Balaban J connectivity index is 1.96. The Labute approximate surface area is 138 Å². The van der Waals surface area contributed by atoms with Gasteiger partial charge in [-0.3, -0.25) is 0 Å². The molecule has 6 nitrogen and oxygen atoms in total. The topological polar surface area (TPSA) is 76.7 Å². The van der Waals surface area contributed by atoms with Crippen molar-refractivity contribution < 1.29 is 19.1 Å². The molecule has 0 unspecified atom stereocenters. The molecule has 7 heteroatoms. The van der Waals surface area contributed by atoms with Gasteiger partial charge in [-0.25, -0.2) is 9.59 Å². The summed E-state index contributed by atoms with van der Waals surface area (Å²) >= 11 is 1.54. The van der Waals surface area contributed by atoms with Crippen molar-refractivity contribution in [3.05, 3.63) is 48.5 Å². The number of hydrogen-bond donors (Lipinski definition) is 2. The van der Waals surface area contributed by atoms with Gasteiger partial charge in [-0.2, -0.15) is 0 Å². The largest absolute Gasteiger partial charge is 0.412 e. The van der Waals surface area contributed by atoms with Crippen LogP contribution in [-0.4, -0.2) is 26.3 Å². The molecule has 0 aliphatic rings. The normalized spacial score (nSPS) is 9.83. The predicted molar refractivity (Wildman–Crippen MR) is 87.2 cm³/mol. The zero-order valence-corrected chi connectivity index (χ0v) is 13.5. The lowest BCUT2D eigenvalue weighted by Gasteiger charge is -2.06. The van der Waals surface area contributed by atoms with Crippen molar-refractivity contribution in [1.29, 1.82) is 0 Å². The van der Waals surface area contributed by atoms with E-state index in [1.807, 2.05) is 24.3 Å². The summed E-state index contributed by atoms with van der Waals surface area (Å²) in [5.41, 5.74) is 0. The summed E-state index contributed by atoms with van der Waals surface area (Å²) in [5, 5.41) is 4.77. The minimum atomic E-state index is -0.503. The Bertz CT molecular complexity index is 612. The number of amides is 2. The molecule has 0 aliphatic heterocycles. The Morgan fingerprint density at radius 1 is 0.739 bits per heavy atom. The number of rotatable bonds is 4. The van der Waals surface area contributed by atoms with Gasteiger partial charge < -0.3 is 20.1 Å². The first-order valence-electron chi connectivity index (χ1n) is 6.78. The van der Waals surface area contributed by atoms with Gasteiger partial charge in [0.05, 0.1) is 0 Å². The number of carbonyl (C=O) groups excluding carboxylic acids is 2. The van der Waals surface area contributed by atoms with Gasteiger partial charge in [0.15, 0.2) is 0 Å². The van der Waals surface area contributed by atoms with E-state index >= 15 is 0 Å². The summed E-state index contributed by atoms with van der Waals surface area (Å²) in [6, 6.07) is 14.3. The second kappa shape index (κ2) is 8.09. The van der Waals surface area contributed by atoms with Crippen LogP contribution in [0.15, 0.2) is 58.3 Å². The quantitative estimate of drug-likeness (QED) is 0.898. The SMILES string of the molecule is CNC(=O)Oc1ccc(Sc2ccc(OC(=O)NC)cc2)cc1. The Morgan fingerprint density at radius 3 is 1.39 bits per heavy atom. The minimum Gasteiger partial charge on any atom is -0.410 e. The van der Waals surface area contributed by atoms with Gasteiger partial charge in [0.2, 0.25) is 0 Å². The molecule has 2 aromatic carbocycles. The van der Waals surface area contributed by atoms with Crippen LogP contribution in [0.2, 0.25) is 0 Å². The van der Waals surface area contributed by atoms with Crippen molar-refractivity contribution >= 4 is 23.9 Å². The van der Waals surface area contributed by atoms with Crippen LogP contribution in [-0.2, 0) is 0 Å². The molecule has 2 N–H and O–H groups in total. The maximum absolute atomic E-state index is 11.1. The standard InChI is InChI=1S/C16H16N2O4S/c1-17-15(19)21-11-3-7-13(8-4-11)23-14-9-5-12(6-10-14)22-16(20)18-2/h3-10H,1-2H3,(H,17,19)(H,18,20). The lowest BCUT2D eigenvalue weighted by Crippen LogP contribution is -2.21. The maximum Gasteiger partial charge on any atom is 0.412 e. The number of hydrogen-bond acceptors (Lipinski definition) is 5. The van der Waals surface area contributed by atoms with Crippen LogP contribution < -0.4 is 20.1 Å². The molecule has 0 spiro atoms. The molecule has 2 rings (SSSR count). The van der Waals surface area contributed by atoms with Crippen LogP contribution in [0.25, 0.3) is 0 Å². The molecule has 0 atom stereocenters. The van der Waals surface area contributed by atoms with Gasteiger partial charge >= 0.3 is 12.2 Å². The summed E-state index contributed by atoms with van der Waals surface area (Å²) in [5.74, 6) is 0.950. The van der Waals surface area contributed by atoms with Gasteiger partial charge in [0, 0.05) is 23.9 Å². The fourth-order valence-electron chi connectivity index (χ4n) is 1.60. The zero-order chi connectivity index (χ0) is 16.7. The number of nitrogens with one attached hydrogen (secondary N) is 2. The Kier molecular flexibility index (Phi) is 5.87. The highest BCUT2D eigenvalue weighted by Crippen LogP contribution is 2.30. The van der Waals surface area contributed by atoms with Crippen LogP contribution in [0.5, 0.6) is 11.5 Å². The summed E-state index contributed by atoms with van der Waals surface area (Å²) in [6.07, 6.45) is -1.01. The first kappa shape index (κ1) is 16.7. The monoisotopic (exact) mass is 332 g/mol. The number of carbonyl (C=O) groups is 2. The maximum atomic E-state index is 11.1. The van der Waals surface area contributed by atoms with Gasteiger partial charge in [-0.1, -0.05) is 11.8 Å². The highest BCUT2D eigenvalue weighted by molar-refractivity contribution is 7.99. The molecular weight excluding hydrogens is 316 g/mol. The van der Waals surface area contributed by atoms with Crippen LogP contribution in [0.3, 0.4) is 0 Å². The van der Waals surface area contributed by atoms with Crippen LogP contribution in [0, 0.1) is 0 Å². The van der Waals surface area contributed by atoms with Crippen LogP contribution >= 0.6 is 11.8 Å². The first-order valence-corrected chi connectivity index (χ1v) is 7.59. The summed E-state index contributed by atoms with van der Waals surface area (Å²) in [6.45, 7) is 0. The fourth-order valence-corrected chi connectivity index (χ4v) is 2.42. The summed E-state index contributed by atoms with van der Waals surface area (Å²) < 4.78 is 10.0. The van der Waals surface area contributed by atoms with Crippen LogP contribution in [0.1, 0.15) is 0 Å². The van der Waals surface area contributed by atoms with Gasteiger partial charge in [0.25, 0.3) is 0 Å². The second-order valence-electron chi connectivity index (χ2n) is 4.32. The molecule has 0 heterocycles. The summed E-state index contributed by atoms with van der Waals surface area (Å²) in [7, 11) is 3.01. The van der Waals surface area contributed by atoms with E-state index in [2.05, 4.69) is 10.6 Å². The third kappa shape index (κ3) is 5.23.